The summed E-state index contributed by atoms with van der Waals surface area (Å²) in [4.78, 5) is 14.0. The fourth-order valence-electron chi connectivity index (χ4n) is 1.82. The van der Waals surface area contributed by atoms with Crippen LogP contribution >= 0.6 is 23.2 Å². The molecule has 120 valence electrons. The number of nitrogens with zero attached hydrogens (tertiary/aromatic N) is 2. The van der Waals surface area contributed by atoms with Crippen LogP contribution in [0.1, 0.15) is 15.9 Å². The van der Waals surface area contributed by atoms with Gasteiger partial charge in [-0.05, 0) is 29.8 Å². The highest BCUT2D eigenvalue weighted by Crippen LogP contribution is 2.30. The lowest BCUT2D eigenvalue weighted by Crippen LogP contribution is -2.17. The number of carbonyl (C=O) groups excluding carboxylic acids is 1. The first kappa shape index (κ1) is 17.1. The number of halogens is 2. The molecule has 7 heteroatoms. The van der Waals surface area contributed by atoms with E-state index in [4.69, 9.17) is 23.2 Å². The van der Waals surface area contributed by atoms with Gasteiger partial charge in [0.15, 0.2) is 0 Å². The molecule has 0 heterocycles. The number of hydrazone groups is 1. The summed E-state index contributed by atoms with van der Waals surface area (Å²) in [5, 5.41) is 13.9. The maximum Gasteiger partial charge on any atom is 0.275 e. The van der Waals surface area contributed by atoms with Gasteiger partial charge < -0.3 is 10.0 Å². The van der Waals surface area contributed by atoms with Crippen molar-refractivity contribution in [2.75, 3.05) is 19.0 Å². The number of benzene rings is 2. The van der Waals surface area contributed by atoms with Gasteiger partial charge >= 0.3 is 0 Å². The monoisotopic (exact) mass is 351 g/mol. The predicted octanol–water partition coefficient (Wildman–Crippen LogP) is 3.53. The van der Waals surface area contributed by atoms with Crippen LogP contribution in [-0.4, -0.2) is 31.3 Å². The second kappa shape index (κ2) is 7.35. The lowest BCUT2D eigenvalue weighted by atomic mass is 10.2. The third-order valence-corrected chi connectivity index (χ3v) is 3.57. The lowest BCUT2D eigenvalue weighted by Gasteiger charge is -2.11. The summed E-state index contributed by atoms with van der Waals surface area (Å²) in [6, 6.07) is 10.3. The number of phenolic OH excluding ortho intramolecular Hbond substituents is 1. The van der Waals surface area contributed by atoms with Crippen LogP contribution in [0.25, 0.3) is 0 Å². The molecule has 0 spiro atoms. The van der Waals surface area contributed by atoms with Gasteiger partial charge in [0.25, 0.3) is 5.91 Å². The first-order chi connectivity index (χ1) is 10.9. The Morgan fingerprint density at radius 3 is 2.48 bits per heavy atom. The second-order valence-electron chi connectivity index (χ2n) is 4.97. The van der Waals surface area contributed by atoms with Gasteiger partial charge in [0.1, 0.15) is 5.75 Å². The maximum atomic E-state index is 12.0. The highest BCUT2D eigenvalue weighted by Gasteiger charge is 2.14. The number of amides is 1. The summed E-state index contributed by atoms with van der Waals surface area (Å²) in [5.41, 5.74) is 4.17. The zero-order valence-electron chi connectivity index (χ0n) is 12.5. The highest BCUT2D eigenvalue weighted by molar-refractivity contribution is 6.36. The standard InChI is InChI=1S/C16H15Cl2N3O2/c1-21(2)12-5-3-10(4-6-12)9-19-20-16(23)13-7-11(17)8-14(18)15(13)22/h3-9,22H,1-2H3,(H,20,23)/b19-9-. The molecule has 0 aliphatic heterocycles. The van der Waals surface area contributed by atoms with E-state index >= 15 is 0 Å². The molecule has 2 aromatic carbocycles. The van der Waals surface area contributed by atoms with Crippen molar-refractivity contribution in [1.29, 1.82) is 0 Å². The number of hydrogen-bond donors (Lipinski definition) is 2. The number of phenols is 1. The van der Waals surface area contributed by atoms with Crippen molar-refractivity contribution >= 4 is 41.0 Å². The molecule has 2 N–H and O–H groups in total. The molecule has 0 saturated heterocycles. The SMILES string of the molecule is CN(C)c1ccc(/C=N\NC(=O)c2cc(Cl)cc(Cl)c2O)cc1. The number of hydrogen-bond acceptors (Lipinski definition) is 4. The van der Waals surface area contributed by atoms with E-state index in [0.29, 0.717) is 0 Å². The lowest BCUT2D eigenvalue weighted by molar-refractivity contribution is 0.0952. The summed E-state index contributed by atoms with van der Waals surface area (Å²) >= 11 is 11.6. The molecule has 0 fully saturated rings. The van der Waals surface area contributed by atoms with E-state index in [1.807, 2.05) is 43.3 Å². The normalized spacial score (nSPS) is 10.8. The van der Waals surface area contributed by atoms with Crippen LogP contribution in [0.2, 0.25) is 10.0 Å². The molecule has 23 heavy (non-hydrogen) atoms. The molecule has 0 bridgehead atoms. The van der Waals surface area contributed by atoms with Gasteiger partial charge in [0.2, 0.25) is 0 Å². The van der Waals surface area contributed by atoms with Gasteiger partial charge in [-0.3, -0.25) is 4.79 Å². The molecule has 0 aliphatic carbocycles. The minimum Gasteiger partial charge on any atom is -0.506 e. The van der Waals surface area contributed by atoms with Crippen molar-refractivity contribution < 1.29 is 9.90 Å². The van der Waals surface area contributed by atoms with Crippen LogP contribution in [0.3, 0.4) is 0 Å². The third kappa shape index (κ3) is 4.37. The molecule has 0 unspecified atom stereocenters. The van der Waals surface area contributed by atoms with E-state index in [1.54, 1.807) is 0 Å². The van der Waals surface area contributed by atoms with Crippen molar-refractivity contribution in [3.8, 4) is 5.75 Å². The van der Waals surface area contributed by atoms with Crippen LogP contribution in [0.15, 0.2) is 41.5 Å². The number of carbonyl (C=O) groups is 1. The van der Waals surface area contributed by atoms with Crippen molar-refractivity contribution in [3.05, 3.63) is 57.6 Å². The van der Waals surface area contributed by atoms with Crippen molar-refractivity contribution in [2.24, 2.45) is 5.10 Å². The zero-order chi connectivity index (χ0) is 17.0. The second-order valence-corrected chi connectivity index (χ2v) is 5.81. The summed E-state index contributed by atoms with van der Waals surface area (Å²) in [7, 11) is 3.90. The Labute approximate surface area is 144 Å². The van der Waals surface area contributed by atoms with E-state index in [2.05, 4.69) is 10.5 Å². The first-order valence-corrected chi connectivity index (χ1v) is 7.43. The van der Waals surface area contributed by atoms with Crippen molar-refractivity contribution in [2.45, 2.75) is 0 Å². The molecular formula is C16H15Cl2N3O2. The van der Waals surface area contributed by atoms with Gasteiger partial charge in [-0.25, -0.2) is 5.43 Å². The molecule has 1 amide bonds. The minimum atomic E-state index is -0.604. The Morgan fingerprint density at radius 1 is 1.22 bits per heavy atom. The molecule has 2 rings (SSSR count). The van der Waals surface area contributed by atoms with Gasteiger partial charge in [0.05, 0.1) is 16.8 Å². The largest absolute Gasteiger partial charge is 0.506 e. The number of rotatable bonds is 4. The molecule has 0 aromatic heterocycles. The van der Waals surface area contributed by atoms with E-state index in [9.17, 15) is 9.90 Å². The van der Waals surface area contributed by atoms with Gasteiger partial charge in [-0.1, -0.05) is 35.3 Å². The average molecular weight is 352 g/mol. The smallest absolute Gasteiger partial charge is 0.275 e. The Morgan fingerprint density at radius 2 is 1.87 bits per heavy atom. The zero-order valence-corrected chi connectivity index (χ0v) is 14.1. The minimum absolute atomic E-state index is 0.00547. The third-order valence-electron chi connectivity index (χ3n) is 3.06. The van der Waals surface area contributed by atoms with Gasteiger partial charge in [0, 0.05) is 24.8 Å². The summed E-state index contributed by atoms with van der Waals surface area (Å²) in [5.74, 6) is -0.938. The Kier molecular flexibility index (Phi) is 5.47. The highest BCUT2D eigenvalue weighted by atomic mass is 35.5. The summed E-state index contributed by atoms with van der Waals surface area (Å²) in [6.07, 6.45) is 1.50. The van der Waals surface area contributed by atoms with E-state index in [-0.39, 0.29) is 21.4 Å². The van der Waals surface area contributed by atoms with Crippen molar-refractivity contribution in [1.82, 2.24) is 5.43 Å². The van der Waals surface area contributed by atoms with Gasteiger partial charge in [-0.15, -0.1) is 0 Å². The fourth-order valence-corrected chi connectivity index (χ4v) is 2.32. The topological polar surface area (TPSA) is 64.9 Å². The van der Waals surface area contributed by atoms with Crippen molar-refractivity contribution in [3.63, 3.8) is 0 Å². The number of aromatic hydroxyl groups is 1. The molecule has 0 saturated carbocycles. The maximum absolute atomic E-state index is 12.0. The molecule has 0 atom stereocenters. The van der Waals surface area contributed by atoms with Gasteiger partial charge in [-0.2, -0.15) is 5.10 Å². The molecular weight excluding hydrogens is 337 g/mol. The van der Waals surface area contributed by atoms with Crippen LogP contribution in [0.4, 0.5) is 5.69 Å². The Balaban J connectivity index is 2.07. The summed E-state index contributed by atoms with van der Waals surface area (Å²) in [6.45, 7) is 0. The number of nitrogens with one attached hydrogen (secondary N) is 1. The molecule has 0 radical (unpaired) electrons. The average Bonchev–Trinajstić information content (AvgIpc) is 2.51. The van der Waals surface area contributed by atoms with E-state index < -0.39 is 5.91 Å². The molecule has 2 aromatic rings. The van der Waals surface area contributed by atoms with Crippen LogP contribution in [-0.2, 0) is 0 Å². The van der Waals surface area contributed by atoms with Crippen LogP contribution < -0.4 is 10.3 Å². The van der Waals surface area contributed by atoms with Crippen LogP contribution in [0.5, 0.6) is 5.75 Å². The van der Waals surface area contributed by atoms with E-state index in [1.165, 1.54) is 18.3 Å². The number of anilines is 1. The molecule has 0 aliphatic rings. The first-order valence-electron chi connectivity index (χ1n) is 6.67. The fraction of sp³-hybridized carbons (Fsp3) is 0.125. The molecule has 5 nitrogen and oxygen atoms in total. The van der Waals surface area contributed by atoms with Crippen LogP contribution in [0, 0.1) is 0 Å². The Bertz CT molecular complexity index is 744. The summed E-state index contributed by atoms with van der Waals surface area (Å²) < 4.78 is 0. The quantitative estimate of drug-likeness (QED) is 0.654. The predicted molar refractivity (Wildman–Crippen MR) is 94.0 cm³/mol. The van der Waals surface area contributed by atoms with E-state index in [0.717, 1.165) is 11.3 Å². The Hall–Kier alpha value is -2.24.